The topological polar surface area (TPSA) is 18.5 Å². The van der Waals surface area contributed by atoms with Gasteiger partial charge in [-0.3, -0.25) is 0 Å². The highest BCUT2D eigenvalue weighted by Gasteiger charge is 2.46. The summed E-state index contributed by atoms with van der Waals surface area (Å²) in [5.74, 6) is 0.814. The Hall–Kier alpha value is -0.860. The second kappa shape index (κ2) is 4.43. The number of rotatable bonds is 1. The van der Waals surface area contributed by atoms with E-state index in [1.54, 1.807) is 0 Å². The summed E-state index contributed by atoms with van der Waals surface area (Å²) in [7, 11) is 0. The van der Waals surface area contributed by atoms with Crippen molar-refractivity contribution in [2.75, 3.05) is 13.2 Å². The molecular formula is C15H20O2. The average molecular weight is 232 g/mol. The molecule has 2 atom stereocenters. The molecule has 2 heteroatoms. The van der Waals surface area contributed by atoms with Gasteiger partial charge in [0.05, 0.1) is 13.2 Å². The Morgan fingerprint density at radius 2 is 1.76 bits per heavy atom. The van der Waals surface area contributed by atoms with E-state index >= 15 is 0 Å². The summed E-state index contributed by atoms with van der Waals surface area (Å²) in [5.41, 5.74) is 1.43. The van der Waals surface area contributed by atoms with Crippen molar-refractivity contribution >= 4 is 0 Å². The van der Waals surface area contributed by atoms with Gasteiger partial charge in [0.15, 0.2) is 5.79 Å². The van der Waals surface area contributed by atoms with Crippen LogP contribution in [-0.2, 0) is 9.47 Å². The average Bonchev–Trinajstić information content (AvgIpc) is 2.84. The Labute approximate surface area is 103 Å². The number of hydrogen-bond acceptors (Lipinski definition) is 2. The quantitative estimate of drug-likeness (QED) is 0.739. The highest BCUT2D eigenvalue weighted by molar-refractivity contribution is 5.21. The SMILES string of the molecule is C[C@@H]1CC[C@@H](c2ccccc2)CC12OCCO2. The molecule has 2 fully saturated rings. The minimum atomic E-state index is -0.293. The van der Waals surface area contributed by atoms with Crippen molar-refractivity contribution in [3.8, 4) is 0 Å². The molecule has 1 aromatic carbocycles. The Morgan fingerprint density at radius 3 is 2.47 bits per heavy atom. The molecule has 0 aromatic heterocycles. The van der Waals surface area contributed by atoms with Gasteiger partial charge in [0.1, 0.15) is 0 Å². The van der Waals surface area contributed by atoms with E-state index < -0.39 is 0 Å². The summed E-state index contributed by atoms with van der Waals surface area (Å²) in [6.45, 7) is 3.77. The zero-order valence-electron chi connectivity index (χ0n) is 10.4. The van der Waals surface area contributed by atoms with E-state index in [9.17, 15) is 0 Å². The molecule has 1 aromatic rings. The van der Waals surface area contributed by atoms with Crippen LogP contribution in [0.2, 0.25) is 0 Å². The Balaban J connectivity index is 1.81. The highest BCUT2D eigenvalue weighted by Crippen LogP contribution is 2.46. The second-order valence-corrected chi connectivity index (χ2v) is 5.30. The first-order chi connectivity index (χ1) is 8.30. The fraction of sp³-hybridized carbons (Fsp3) is 0.600. The smallest absolute Gasteiger partial charge is 0.171 e. The van der Waals surface area contributed by atoms with E-state index in [4.69, 9.17) is 9.47 Å². The third kappa shape index (κ3) is 2.00. The first-order valence-corrected chi connectivity index (χ1v) is 6.63. The normalized spacial score (nSPS) is 31.8. The molecule has 0 radical (unpaired) electrons. The molecule has 0 unspecified atom stereocenters. The predicted octanol–water partition coefficient (Wildman–Crippen LogP) is 3.33. The van der Waals surface area contributed by atoms with E-state index in [1.807, 2.05) is 0 Å². The molecule has 0 N–H and O–H groups in total. The van der Waals surface area contributed by atoms with E-state index in [2.05, 4.69) is 37.3 Å². The maximum atomic E-state index is 5.92. The minimum absolute atomic E-state index is 0.293. The molecule has 2 aliphatic rings. The molecule has 92 valence electrons. The van der Waals surface area contributed by atoms with Crippen molar-refractivity contribution in [3.05, 3.63) is 35.9 Å². The Kier molecular flexibility index (Phi) is 2.93. The van der Waals surface area contributed by atoms with Gasteiger partial charge in [-0.05, 0) is 24.3 Å². The Bertz CT molecular complexity index is 368. The number of hydrogen-bond donors (Lipinski definition) is 0. The summed E-state index contributed by atoms with van der Waals surface area (Å²) >= 11 is 0. The van der Waals surface area contributed by atoms with Gasteiger partial charge in [-0.1, -0.05) is 37.3 Å². The lowest BCUT2D eigenvalue weighted by atomic mass is 9.75. The van der Waals surface area contributed by atoms with E-state index in [1.165, 1.54) is 18.4 Å². The molecule has 1 aliphatic heterocycles. The van der Waals surface area contributed by atoms with Crippen molar-refractivity contribution < 1.29 is 9.47 Å². The molecule has 1 aliphatic carbocycles. The summed E-state index contributed by atoms with van der Waals surface area (Å²) in [6.07, 6.45) is 3.46. The second-order valence-electron chi connectivity index (χ2n) is 5.30. The van der Waals surface area contributed by atoms with Gasteiger partial charge in [0.2, 0.25) is 0 Å². The van der Waals surface area contributed by atoms with Crippen LogP contribution < -0.4 is 0 Å². The summed E-state index contributed by atoms with van der Waals surface area (Å²) in [6, 6.07) is 10.8. The Morgan fingerprint density at radius 1 is 1.06 bits per heavy atom. The summed E-state index contributed by atoms with van der Waals surface area (Å²) in [4.78, 5) is 0. The van der Waals surface area contributed by atoms with Crippen LogP contribution >= 0.6 is 0 Å². The van der Waals surface area contributed by atoms with Crippen LogP contribution in [0.3, 0.4) is 0 Å². The van der Waals surface area contributed by atoms with Crippen LogP contribution in [0.25, 0.3) is 0 Å². The lowest BCUT2D eigenvalue weighted by molar-refractivity contribution is -0.211. The molecule has 1 heterocycles. The number of benzene rings is 1. The standard InChI is InChI=1S/C15H20O2/c1-12-7-8-14(13-5-3-2-4-6-13)11-15(12)16-9-10-17-15/h2-6,12,14H,7-11H2,1H3/t12-,14-/m1/s1. The van der Waals surface area contributed by atoms with Gasteiger partial charge < -0.3 is 9.47 Å². The molecule has 1 spiro atoms. The zero-order valence-corrected chi connectivity index (χ0v) is 10.4. The van der Waals surface area contributed by atoms with Crippen LogP contribution in [-0.4, -0.2) is 19.0 Å². The van der Waals surface area contributed by atoms with Gasteiger partial charge >= 0.3 is 0 Å². The molecule has 0 bridgehead atoms. The maximum absolute atomic E-state index is 5.92. The molecule has 0 amide bonds. The minimum Gasteiger partial charge on any atom is -0.347 e. The van der Waals surface area contributed by atoms with Gasteiger partial charge in [-0.2, -0.15) is 0 Å². The predicted molar refractivity (Wildman–Crippen MR) is 66.8 cm³/mol. The summed E-state index contributed by atoms with van der Waals surface area (Å²) in [5, 5.41) is 0. The zero-order chi connectivity index (χ0) is 11.7. The van der Waals surface area contributed by atoms with Crippen molar-refractivity contribution in [2.45, 2.75) is 37.9 Å². The van der Waals surface area contributed by atoms with Crippen LogP contribution in [0.4, 0.5) is 0 Å². The van der Waals surface area contributed by atoms with Gasteiger partial charge in [-0.25, -0.2) is 0 Å². The largest absolute Gasteiger partial charge is 0.347 e. The van der Waals surface area contributed by atoms with Gasteiger partial charge in [-0.15, -0.1) is 0 Å². The van der Waals surface area contributed by atoms with E-state index in [0.29, 0.717) is 11.8 Å². The van der Waals surface area contributed by atoms with E-state index in [-0.39, 0.29) is 5.79 Å². The monoisotopic (exact) mass is 232 g/mol. The van der Waals surface area contributed by atoms with Crippen LogP contribution in [0, 0.1) is 5.92 Å². The lowest BCUT2D eigenvalue weighted by Gasteiger charge is -2.41. The third-order valence-corrected chi connectivity index (χ3v) is 4.28. The number of ether oxygens (including phenoxy) is 2. The lowest BCUT2D eigenvalue weighted by Crippen LogP contribution is -2.42. The van der Waals surface area contributed by atoms with Crippen molar-refractivity contribution in [1.82, 2.24) is 0 Å². The molecule has 1 saturated heterocycles. The fourth-order valence-electron chi connectivity index (χ4n) is 3.20. The fourth-order valence-corrected chi connectivity index (χ4v) is 3.20. The molecule has 2 nitrogen and oxygen atoms in total. The molecule has 17 heavy (non-hydrogen) atoms. The molecule has 1 saturated carbocycles. The first-order valence-electron chi connectivity index (χ1n) is 6.63. The maximum Gasteiger partial charge on any atom is 0.171 e. The molecule has 3 rings (SSSR count). The van der Waals surface area contributed by atoms with Crippen molar-refractivity contribution in [1.29, 1.82) is 0 Å². The van der Waals surface area contributed by atoms with Crippen LogP contribution in [0.15, 0.2) is 30.3 Å². The third-order valence-electron chi connectivity index (χ3n) is 4.28. The van der Waals surface area contributed by atoms with Gasteiger partial charge in [0, 0.05) is 12.3 Å². The van der Waals surface area contributed by atoms with Crippen molar-refractivity contribution in [2.24, 2.45) is 5.92 Å². The highest BCUT2D eigenvalue weighted by atomic mass is 16.7. The van der Waals surface area contributed by atoms with Crippen molar-refractivity contribution in [3.63, 3.8) is 0 Å². The summed E-state index contributed by atoms with van der Waals surface area (Å²) < 4.78 is 11.8. The first kappa shape index (κ1) is 11.2. The van der Waals surface area contributed by atoms with Gasteiger partial charge in [0.25, 0.3) is 0 Å². The molecular weight excluding hydrogens is 212 g/mol. The van der Waals surface area contributed by atoms with Crippen LogP contribution in [0.1, 0.15) is 37.7 Å². The van der Waals surface area contributed by atoms with E-state index in [0.717, 1.165) is 19.6 Å². The van der Waals surface area contributed by atoms with Crippen LogP contribution in [0.5, 0.6) is 0 Å².